The standard InChI is InChI=1S/C12H15BrFN/c1-12(2)8(6-15)11(12)7-3-4-9(13)10(14)5-7/h3-5,8,11H,6,15H2,1-2H3/t8-,11-/m0/s1. The predicted molar refractivity (Wildman–Crippen MR) is 63.2 cm³/mol. The first-order valence-corrected chi connectivity index (χ1v) is 5.92. The highest BCUT2D eigenvalue weighted by Gasteiger charge is 2.57. The first-order chi connectivity index (χ1) is 6.98. The second kappa shape index (κ2) is 3.56. The predicted octanol–water partition coefficient (Wildman–Crippen LogP) is 3.29. The second-order valence-corrected chi connectivity index (χ2v) is 5.67. The van der Waals surface area contributed by atoms with Crippen LogP contribution in [0.5, 0.6) is 0 Å². The van der Waals surface area contributed by atoms with Crippen LogP contribution >= 0.6 is 15.9 Å². The van der Waals surface area contributed by atoms with Crippen LogP contribution in [-0.4, -0.2) is 6.54 Å². The van der Waals surface area contributed by atoms with E-state index in [1.54, 1.807) is 12.1 Å². The maximum Gasteiger partial charge on any atom is 0.137 e. The molecular formula is C12H15BrFN. The average molecular weight is 272 g/mol. The van der Waals surface area contributed by atoms with Gasteiger partial charge in [0.25, 0.3) is 0 Å². The van der Waals surface area contributed by atoms with Crippen LogP contribution < -0.4 is 5.73 Å². The van der Waals surface area contributed by atoms with E-state index in [1.807, 2.05) is 6.07 Å². The maximum absolute atomic E-state index is 13.4. The third-order valence-corrected chi connectivity index (χ3v) is 4.25. The third kappa shape index (κ3) is 1.72. The molecule has 1 fully saturated rings. The molecule has 1 aliphatic rings. The fourth-order valence-electron chi connectivity index (χ4n) is 2.55. The molecular weight excluding hydrogens is 257 g/mol. The van der Waals surface area contributed by atoms with Crippen molar-refractivity contribution in [1.82, 2.24) is 0 Å². The smallest absolute Gasteiger partial charge is 0.137 e. The number of hydrogen-bond donors (Lipinski definition) is 1. The Kier molecular flexibility index (Phi) is 2.63. The minimum atomic E-state index is -0.189. The van der Waals surface area contributed by atoms with E-state index in [0.29, 0.717) is 22.9 Å². The molecule has 1 aromatic rings. The van der Waals surface area contributed by atoms with Gasteiger partial charge in [0, 0.05) is 0 Å². The molecule has 2 rings (SSSR count). The Morgan fingerprint density at radius 3 is 2.60 bits per heavy atom. The quantitative estimate of drug-likeness (QED) is 0.878. The van der Waals surface area contributed by atoms with Crippen molar-refractivity contribution in [3.63, 3.8) is 0 Å². The van der Waals surface area contributed by atoms with Gasteiger partial charge in [0.2, 0.25) is 0 Å². The molecule has 1 nitrogen and oxygen atoms in total. The van der Waals surface area contributed by atoms with E-state index in [2.05, 4.69) is 29.8 Å². The number of halogens is 2. The lowest BCUT2D eigenvalue weighted by Gasteiger charge is -2.04. The van der Waals surface area contributed by atoms with Crippen LogP contribution in [0, 0.1) is 17.2 Å². The Labute approximate surface area is 98.0 Å². The minimum absolute atomic E-state index is 0.189. The zero-order chi connectivity index (χ0) is 11.2. The molecule has 0 spiro atoms. The molecule has 82 valence electrons. The van der Waals surface area contributed by atoms with Gasteiger partial charge in [0.05, 0.1) is 4.47 Å². The summed E-state index contributed by atoms with van der Waals surface area (Å²) in [7, 11) is 0. The van der Waals surface area contributed by atoms with Gasteiger partial charge in [-0.2, -0.15) is 0 Å². The summed E-state index contributed by atoms with van der Waals surface area (Å²) in [5.74, 6) is 0.703. The van der Waals surface area contributed by atoms with Gasteiger partial charge in [-0.25, -0.2) is 4.39 Å². The van der Waals surface area contributed by atoms with Crippen molar-refractivity contribution in [2.75, 3.05) is 6.54 Å². The van der Waals surface area contributed by atoms with E-state index >= 15 is 0 Å². The Morgan fingerprint density at radius 1 is 1.47 bits per heavy atom. The van der Waals surface area contributed by atoms with Crippen molar-refractivity contribution >= 4 is 15.9 Å². The molecule has 1 aromatic carbocycles. The highest BCUT2D eigenvalue weighted by Crippen LogP contribution is 2.63. The Hall–Kier alpha value is -0.410. The van der Waals surface area contributed by atoms with Crippen LogP contribution in [0.4, 0.5) is 4.39 Å². The first kappa shape index (κ1) is 11.1. The van der Waals surface area contributed by atoms with Crippen molar-refractivity contribution in [2.45, 2.75) is 19.8 Å². The van der Waals surface area contributed by atoms with Gasteiger partial charge in [-0.3, -0.25) is 0 Å². The second-order valence-electron chi connectivity index (χ2n) is 4.81. The van der Waals surface area contributed by atoms with E-state index in [4.69, 9.17) is 5.73 Å². The SMILES string of the molecule is CC1(C)[C@@H](CN)[C@@H]1c1ccc(Br)c(F)c1. The first-order valence-electron chi connectivity index (χ1n) is 5.13. The molecule has 2 N–H and O–H groups in total. The molecule has 0 unspecified atom stereocenters. The summed E-state index contributed by atoms with van der Waals surface area (Å²) in [6.07, 6.45) is 0. The van der Waals surface area contributed by atoms with Crippen molar-refractivity contribution in [3.8, 4) is 0 Å². The topological polar surface area (TPSA) is 26.0 Å². The van der Waals surface area contributed by atoms with Gasteiger partial charge in [-0.15, -0.1) is 0 Å². The van der Waals surface area contributed by atoms with Crippen molar-refractivity contribution in [2.24, 2.45) is 17.1 Å². The molecule has 0 heterocycles. The zero-order valence-electron chi connectivity index (χ0n) is 8.93. The number of nitrogens with two attached hydrogens (primary N) is 1. The minimum Gasteiger partial charge on any atom is -0.330 e. The monoisotopic (exact) mass is 271 g/mol. The van der Waals surface area contributed by atoms with Crippen LogP contribution in [0.3, 0.4) is 0 Å². The Bertz CT molecular complexity index is 389. The van der Waals surface area contributed by atoms with Crippen molar-refractivity contribution < 1.29 is 4.39 Å². The van der Waals surface area contributed by atoms with Crippen LogP contribution in [0.15, 0.2) is 22.7 Å². The molecule has 0 aliphatic heterocycles. The highest BCUT2D eigenvalue weighted by atomic mass is 79.9. The van der Waals surface area contributed by atoms with Crippen LogP contribution in [0.2, 0.25) is 0 Å². The van der Waals surface area contributed by atoms with Crippen molar-refractivity contribution in [1.29, 1.82) is 0 Å². The Morgan fingerprint density at radius 2 is 2.13 bits per heavy atom. The van der Waals surface area contributed by atoms with Crippen LogP contribution in [0.1, 0.15) is 25.3 Å². The van der Waals surface area contributed by atoms with E-state index in [1.165, 1.54) is 0 Å². The molecule has 0 radical (unpaired) electrons. The van der Waals surface area contributed by atoms with Gasteiger partial charge in [-0.05, 0) is 57.4 Å². The normalized spacial score (nSPS) is 27.8. The molecule has 1 aliphatic carbocycles. The number of hydrogen-bond acceptors (Lipinski definition) is 1. The van der Waals surface area contributed by atoms with Crippen molar-refractivity contribution in [3.05, 3.63) is 34.1 Å². The summed E-state index contributed by atoms with van der Waals surface area (Å²) in [4.78, 5) is 0. The fourth-order valence-corrected chi connectivity index (χ4v) is 2.80. The van der Waals surface area contributed by atoms with E-state index in [0.717, 1.165) is 5.56 Å². The average Bonchev–Trinajstić information content (AvgIpc) is 2.73. The summed E-state index contributed by atoms with van der Waals surface area (Å²) in [5, 5.41) is 0. The molecule has 1 saturated carbocycles. The Balaban J connectivity index is 2.29. The van der Waals surface area contributed by atoms with E-state index < -0.39 is 0 Å². The van der Waals surface area contributed by atoms with E-state index in [9.17, 15) is 4.39 Å². The largest absolute Gasteiger partial charge is 0.330 e. The van der Waals surface area contributed by atoms with Gasteiger partial charge >= 0.3 is 0 Å². The van der Waals surface area contributed by atoms with Gasteiger partial charge < -0.3 is 5.73 Å². The summed E-state index contributed by atoms with van der Waals surface area (Å²) >= 11 is 3.16. The molecule has 0 amide bonds. The molecule has 0 bridgehead atoms. The maximum atomic E-state index is 13.4. The lowest BCUT2D eigenvalue weighted by atomic mass is 10.0. The van der Waals surface area contributed by atoms with Crippen LogP contribution in [-0.2, 0) is 0 Å². The van der Waals surface area contributed by atoms with Gasteiger partial charge in [0.15, 0.2) is 0 Å². The van der Waals surface area contributed by atoms with E-state index in [-0.39, 0.29) is 11.2 Å². The zero-order valence-corrected chi connectivity index (χ0v) is 10.5. The van der Waals surface area contributed by atoms with Gasteiger partial charge in [0.1, 0.15) is 5.82 Å². The lowest BCUT2D eigenvalue weighted by molar-refractivity contribution is 0.558. The molecule has 3 heteroatoms. The summed E-state index contributed by atoms with van der Waals surface area (Å²) in [6.45, 7) is 5.06. The van der Waals surface area contributed by atoms with Gasteiger partial charge in [-0.1, -0.05) is 19.9 Å². The number of rotatable bonds is 2. The summed E-state index contributed by atoms with van der Waals surface area (Å²) < 4.78 is 13.9. The summed E-state index contributed by atoms with van der Waals surface area (Å²) in [5.41, 5.74) is 6.99. The fraction of sp³-hybridized carbons (Fsp3) is 0.500. The summed E-state index contributed by atoms with van der Waals surface area (Å²) in [6, 6.07) is 5.37. The lowest BCUT2D eigenvalue weighted by Crippen LogP contribution is -2.05. The molecule has 0 aromatic heterocycles. The molecule has 15 heavy (non-hydrogen) atoms. The number of benzene rings is 1. The highest BCUT2D eigenvalue weighted by molar-refractivity contribution is 9.10. The van der Waals surface area contributed by atoms with Crippen LogP contribution in [0.25, 0.3) is 0 Å². The molecule has 2 atom stereocenters. The third-order valence-electron chi connectivity index (χ3n) is 3.61. The molecule has 0 saturated heterocycles.